The number of quaternary nitrogens is 1. The molecule has 0 saturated heterocycles. The predicted octanol–water partition coefficient (Wildman–Crippen LogP) is 0.804. The summed E-state index contributed by atoms with van der Waals surface area (Å²) in [4.78, 5) is 0. The Labute approximate surface area is 79.6 Å². The molecule has 0 aliphatic heterocycles. The summed E-state index contributed by atoms with van der Waals surface area (Å²) in [7, 11) is 0. The van der Waals surface area contributed by atoms with Gasteiger partial charge in [-0.15, -0.1) is 0 Å². The highest BCUT2D eigenvalue weighted by Crippen LogP contribution is 2.03. The highest BCUT2D eigenvalue weighted by Gasteiger charge is 2.18. The number of nitrogens with zero attached hydrogens (tertiary/aromatic N) is 1. The third-order valence-corrected chi connectivity index (χ3v) is 2.59. The zero-order valence-corrected chi connectivity index (χ0v) is 8.73. The minimum atomic E-state index is 0.315. The predicted molar refractivity (Wildman–Crippen MR) is 50.2 cm³/mol. The van der Waals surface area contributed by atoms with Crippen molar-refractivity contribution in [2.75, 3.05) is 32.8 Å². The van der Waals surface area contributed by atoms with Crippen molar-refractivity contribution >= 4 is 0 Å². The first-order chi connectivity index (χ1) is 6.16. The topological polar surface area (TPSA) is 69.9 Å². The van der Waals surface area contributed by atoms with Gasteiger partial charge < -0.3 is 9.59 Å². The van der Waals surface area contributed by atoms with Crippen molar-refractivity contribution < 1.29 is 25.1 Å². The molecule has 13 heavy (non-hydrogen) atoms. The molecule has 0 aliphatic carbocycles. The molecule has 0 aliphatic rings. The second kappa shape index (κ2) is 9.88. The van der Waals surface area contributed by atoms with Gasteiger partial charge in [0.05, 0.1) is 26.2 Å². The normalized spacial score (nSPS) is 10.6. The van der Waals surface area contributed by atoms with E-state index in [2.05, 4.69) is 25.8 Å². The van der Waals surface area contributed by atoms with Crippen LogP contribution in [-0.2, 0) is 5.04 Å². The van der Waals surface area contributed by atoms with Crippen molar-refractivity contribution in [2.24, 2.45) is 0 Å². The fraction of sp³-hybridized carbons (Fsp3) is 1.00. The van der Waals surface area contributed by atoms with Crippen LogP contribution < -0.4 is 0 Å². The lowest BCUT2D eigenvalue weighted by Gasteiger charge is -2.34. The Morgan fingerprint density at radius 3 is 1.38 bits per heavy atom. The maximum atomic E-state index is 8.78. The molecule has 0 unspecified atom stereocenters. The van der Waals surface area contributed by atoms with Crippen molar-refractivity contribution in [1.29, 1.82) is 0 Å². The van der Waals surface area contributed by atoms with Gasteiger partial charge in [-0.25, -0.2) is 10.5 Å². The van der Waals surface area contributed by atoms with Gasteiger partial charge in [-0.2, -0.15) is 0 Å². The zero-order valence-electron chi connectivity index (χ0n) is 8.73. The number of aliphatic hydroxyl groups is 1. The zero-order chi connectivity index (χ0) is 10.7. The van der Waals surface area contributed by atoms with Crippen molar-refractivity contribution in [3.8, 4) is 0 Å². The van der Waals surface area contributed by atoms with Gasteiger partial charge in [-0.1, -0.05) is 5.04 Å². The van der Waals surface area contributed by atoms with E-state index in [1.54, 1.807) is 0 Å². The van der Waals surface area contributed by atoms with E-state index in [0.29, 0.717) is 6.61 Å². The molecule has 0 bridgehead atoms. The lowest BCUT2D eigenvalue weighted by atomic mass is 10.3. The fourth-order valence-corrected chi connectivity index (χ4v) is 1.36. The third kappa shape index (κ3) is 6.92. The van der Waals surface area contributed by atoms with E-state index in [0.717, 1.165) is 30.7 Å². The van der Waals surface area contributed by atoms with Crippen LogP contribution >= 0.6 is 0 Å². The summed E-state index contributed by atoms with van der Waals surface area (Å²) < 4.78 is 1.05. The van der Waals surface area contributed by atoms with Gasteiger partial charge in [0.1, 0.15) is 6.54 Å². The number of hydrogen-bond donors (Lipinski definition) is 3. The lowest BCUT2D eigenvalue weighted by molar-refractivity contribution is -0.923. The van der Waals surface area contributed by atoms with Crippen LogP contribution in [0.25, 0.3) is 0 Å². The Morgan fingerprint density at radius 1 is 1.00 bits per heavy atom. The molecule has 0 aromatic heterocycles. The van der Waals surface area contributed by atoms with E-state index in [9.17, 15) is 0 Å². The molecule has 0 fully saturated rings. The summed E-state index contributed by atoms with van der Waals surface area (Å²) in [6.07, 6.45) is 0. The average molecular weight is 196 g/mol. The van der Waals surface area contributed by atoms with Gasteiger partial charge in [0.2, 0.25) is 0 Å². The molecule has 82 valence electrons. The van der Waals surface area contributed by atoms with Gasteiger partial charge in [0, 0.05) is 0 Å². The van der Waals surface area contributed by atoms with Crippen LogP contribution in [0.2, 0.25) is 0 Å². The molecule has 0 amide bonds. The van der Waals surface area contributed by atoms with Crippen LogP contribution in [0, 0.1) is 0 Å². The summed E-state index contributed by atoms with van der Waals surface area (Å²) in [5.41, 5.74) is 0. The molecule has 0 saturated carbocycles. The highest BCUT2D eigenvalue weighted by molar-refractivity contribution is 4.35. The average Bonchev–Trinajstić information content (AvgIpc) is 2.16. The minimum Gasteiger partial charge on any atom is -0.391 e. The van der Waals surface area contributed by atoms with Gasteiger partial charge in [0.25, 0.3) is 0 Å². The molecule has 3 N–H and O–H groups in total. The summed E-state index contributed by atoms with van der Waals surface area (Å²) in [5, 5.41) is 24.3. The van der Waals surface area contributed by atoms with Gasteiger partial charge in [-0.3, -0.25) is 0 Å². The van der Waals surface area contributed by atoms with Crippen molar-refractivity contribution in [2.45, 2.75) is 20.8 Å². The molecule has 0 heterocycles. The SMILES string of the molecule is CC[N+](CC)(CC)CCO.OOO. The van der Waals surface area contributed by atoms with Gasteiger partial charge >= 0.3 is 0 Å². The first-order valence-electron chi connectivity index (χ1n) is 4.57. The molecule has 5 heteroatoms. The minimum absolute atomic E-state index is 0.315. The van der Waals surface area contributed by atoms with E-state index in [-0.39, 0.29) is 0 Å². The molecular formula is C8H22NO4+. The van der Waals surface area contributed by atoms with Crippen LogP contribution in [0.1, 0.15) is 20.8 Å². The Balaban J connectivity index is 0. The second-order valence-corrected chi connectivity index (χ2v) is 2.82. The first-order valence-corrected chi connectivity index (χ1v) is 4.57. The number of hydrogen-bond acceptors (Lipinski definition) is 4. The summed E-state index contributed by atoms with van der Waals surface area (Å²) in [6.45, 7) is 11.2. The van der Waals surface area contributed by atoms with Crippen LogP contribution in [-0.4, -0.2) is 52.9 Å². The standard InChI is InChI=1S/C8H20NO.H2O3/c1-4-9(5-2,6-3)7-8-10;1-3-2/h10H,4-8H2,1-3H3;1-2H/q+1;. The highest BCUT2D eigenvalue weighted by atomic mass is 17.4. The maximum Gasteiger partial charge on any atom is 0.102 e. The Hall–Kier alpha value is -0.200. The van der Waals surface area contributed by atoms with E-state index in [1.807, 2.05) is 0 Å². The smallest absolute Gasteiger partial charge is 0.102 e. The quantitative estimate of drug-likeness (QED) is 0.345. The molecule has 0 atom stereocenters. The monoisotopic (exact) mass is 196 g/mol. The van der Waals surface area contributed by atoms with Crippen molar-refractivity contribution in [1.82, 2.24) is 0 Å². The Bertz CT molecular complexity index is 87.9. The Kier molecular flexibility index (Phi) is 11.6. The lowest BCUT2D eigenvalue weighted by Crippen LogP contribution is -2.49. The molecular weight excluding hydrogens is 174 g/mol. The van der Waals surface area contributed by atoms with E-state index >= 15 is 0 Å². The van der Waals surface area contributed by atoms with E-state index in [1.165, 1.54) is 0 Å². The van der Waals surface area contributed by atoms with Crippen molar-refractivity contribution in [3.05, 3.63) is 0 Å². The van der Waals surface area contributed by atoms with Gasteiger partial charge in [0.15, 0.2) is 0 Å². The number of rotatable bonds is 5. The van der Waals surface area contributed by atoms with Crippen LogP contribution in [0.5, 0.6) is 0 Å². The summed E-state index contributed by atoms with van der Waals surface area (Å²) in [5.74, 6) is 0. The molecule has 0 aromatic carbocycles. The molecule has 5 nitrogen and oxygen atoms in total. The number of likely N-dealkylation sites (N-methyl/N-ethyl adjacent to an activating group) is 1. The summed E-state index contributed by atoms with van der Waals surface area (Å²) in [6, 6.07) is 0. The molecule has 0 rings (SSSR count). The molecule has 0 aromatic rings. The third-order valence-electron chi connectivity index (χ3n) is 2.59. The van der Waals surface area contributed by atoms with E-state index in [4.69, 9.17) is 15.6 Å². The maximum absolute atomic E-state index is 8.78. The molecule has 0 radical (unpaired) electrons. The number of aliphatic hydroxyl groups excluding tert-OH is 1. The second-order valence-electron chi connectivity index (χ2n) is 2.82. The largest absolute Gasteiger partial charge is 0.391 e. The molecule has 0 spiro atoms. The van der Waals surface area contributed by atoms with Gasteiger partial charge in [-0.05, 0) is 20.8 Å². The van der Waals surface area contributed by atoms with Crippen molar-refractivity contribution in [3.63, 3.8) is 0 Å². The van der Waals surface area contributed by atoms with Crippen LogP contribution in [0.3, 0.4) is 0 Å². The van der Waals surface area contributed by atoms with Crippen LogP contribution in [0.4, 0.5) is 0 Å². The summed E-state index contributed by atoms with van der Waals surface area (Å²) >= 11 is 0. The van der Waals surface area contributed by atoms with E-state index < -0.39 is 0 Å². The first kappa shape index (κ1) is 15.3. The van der Waals surface area contributed by atoms with Crippen LogP contribution in [0.15, 0.2) is 0 Å². The fourth-order valence-electron chi connectivity index (χ4n) is 1.36. The Morgan fingerprint density at radius 2 is 1.31 bits per heavy atom.